The van der Waals surface area contributed by atoms with Crippen molar-refractivity contribution >= 4 is 109 Å². The zero-order valence-electron chi connectivity index (χ0n) is 74.0. The fraction of sp³-hybridized carbons (Fsp3) is 0.643. The number of carbonyl (C=O) groups is 13. The fourth-order valence-corrected chi connectivity index (χ4v) is 20.2. The fourth-order valence-electron chi connectivity index (χ4n) is 17.1. The molecule has 3 saturated carbocycles. The predicted molar refractivity (Wildman–Crippen MR) is 493 cm³/mol. The Hall–Kier alpha value is -7.60. The molecule has 0 unspecified atom stereocenters. The highest BCUT2D eigenvalue weighted by atomic mass is 32.2. The maximum Gasteiger partial charge on any atom is 0.224 e. The van der Waals surface area contributed by atoms with Crippen molar-refractivity contribution in [3.63, 3.8) is 0 Å². The second-order valence-corrected chi connectivity index (χ2v) is 37.9. The minimum absolute atomic E-state index is 0. The molecular formula is C98H142F2N6O17S3. The van der Waals surface area contributed by atoms with Crippen LogP contribution < -0.4 is 31.9 Å². The third kappa shape index (κ3) is 43.7. The maximum absolute atomic E-state index is 14.0. The molecule has 23 nitrogen and oxygen atoms in total. The van der Waals surface area contributed by atoms with Crippen molar-refractivity contribution in [2.45, 2.75) is 258 Å². The van der Waals surface area contributed by atoms with E-state index in [4.69, 9.17) is 18.9 Å². The molecular weight excluding hydrogens is 1670 g/mol. The number of thioether (sulfide) groups is 3. The van der Waals surface area contributed by atoms with Crippen LogP contribution in [0.4, 0.5) is 8.78 Å². The quantitative estimate of drug-likeness (QED) is 0.0689. The zero-order chi connectivity index (χ0) is 90.1. The molecule has 9 atom stereocenters. The molecule has 6 fully saturated rings. The first-order valence-corrected chi connectivity index (χ1v) is 48.6. The van der Waals surface area contributed by atoms with Crippen LogP contribution in [0.3, 0.4) is 0 Å². The maximum atomic E-state index is 14.0. The van der Waals surface area contributed by atoms with Crippen molar-refractivity contribution in [3.8, 4) is 0 Å². The van der Waals surface area contributed by atoms with E-state index in [1.165, 1.54) is 77.1 Å². The zero-order valence-corrected chi connectivity index (χ0v) is 76.5. The van der Waals surface area contributed by atoms with Gasteiger partial charge < -0.3 is 65.2 Å². The summed E-state index contributed by atoms with van der Waals surface area (Å²) >= 11 is 2.97. The molecule has 28 heteroatoms. The second-order valence-electron chi connectivity index (χ2n) is 34.8. The van der Waals surface area contributed by atoms with Gasteiger partial charge in [0.25, 0.3) is 0 Å². The Balaban J connectivity index is 0.000000291. The number of hydrogen-bond donors (Lipinski definition) is 6. The molecule has 0 bridgehead atoms. The lowest BCUT2D eigenvalue weighted by Gasteiger charge is -2.28. The third-order valence-electron chi connectivity index (χ3n) is 23.8. The molecule has 3 aliphatic heterocycles. The van der Waals surface area contributed by atoms with Gasteiger partial charge in [0.05, 0.1) is 88.7 Å². The summed E-state index contributed by atoms with van der Waals surface area (Å²) in [5, 5.41) is 17.5. The standard InChI is InChI=1S/C33H47FN2O5S.C32H45FN2O6S.C32H46N2O6S.CH4/c1-23(37)17-27-22-42-33(41)26(18-25-13-10-14-28(34)19-25)21-30(38)29(20-24-11-6-5-7-12-24)36-31(39)15-8-3-2-4-9-16-35-32(27)40;1-22-20-41-14-13-40-12-11-34-31(38)27(15-23(2)36)21-42-32(39)26(16-25-9-6-10-28(33)17-25)19-30(37)29(35-22)18-24-7-4-3-5-8-24;1-23-21-40-16-15-39-14-13-33-31(37)28(17-24(2)35)22-41-32(38)27(18-25-9-5-3-6-10-25)20-30(36)29(34-23)19-26-11-7-4-8-12-26;/h10,13-14,19,24,26-27,29H,2-9,11-12,15-18,20-22H2,1H3,(H,35,40)(H,36,39);6,9-10,17,24,26-27,29,35H,1,3-5,7-8,11-16,18-21H2,2H3,(H,34,38);3,5-6,9-10,26-29,34H,1,4,7-8,11-22H2,2H3,(H,33,37);1H4/t2*26-,27+,29+;27-,28+,29+;/m111./s1. The molecule has 3 aromatic carbocycles. The SMILES string of the molecule is C.C=C1COCCOCCNC(=O)[C@@H](CC(C)=O)CSC(=O)[C@H](Cc2cccc(F)c2)CC(=O)[C@H](CC2CCCCC2)N1.C=C1COCCOCCNC(=O)[C@@H](CC(C)=O)CSC(=O)[C@H](Cc2ccccc2)CC(=O)[C@H](CC2CCCCC2)N1.CC(=O)C[C@H]1CSC(=O)[C@H](Cc2cccc(F)c2)CC(=O)[C@H](CC2CCCCC2)NC(=O)CCCCCCCNC1=O. The Morgan fingerprint density at radius 1 is 0.381 bits per heavy atom. The number of ether oxygens (including phenoxy) is 4. The molecule has 3 aromatic rings. The van der Waals surface area contributed by atoms with E-state index < -0.39 is 65.3 Å². The number of benzene rings is 3. The third-order valence-corrected chi connectivity index (χ3v) is 27.4. The summed E-state index contributed by atoms with van der Waals surface area (Å²) in [6, 6.07) is 20.1. The van der Waals surface area contributed by atoms with E-state index in [1.807, 2.05) is 30.3 Å². The molecule has 4 amide bonds. The van der Waals surface area contributed by atoms with Crippen molar-refractivity contribution in [1.29, 1.82) is 0 Å². The number of rotatable bonds is 18. The summed E-state index contributed by atoms with van der Waals surface area (Å²) in [6.07, 6.45) is 24.3. The Morgan fingerprint density at radius 3 is 1.08 bits per heavy atom. The Morgan fingerprint density at radius 2 is 0.706 bits per heavy atom. The van der Waals surface area contributed by atoms with Crippen LogP contribution in [0.15, 0.2) is 103 Å². The monoisotopic (exact) mass is 1810 g/mol. The average Bonchev–Trinajstić information content (AvgIpc) is 0.916. The van der Waals surface area contributed by atoms with Gasteiger partial charge in [0, 0.05) is 111 Å². The summed E-state index contributed by atoms with van der Waals surface area (Å²) in [5.41, 5.74) is 3.42. The molecule has 0 spiro atoms. The topological polar surface area (TPSA) is 331 Å². The minimum atomic E-state index is -0.752. The molecule has 0 radical (unpaired) electrons. The van der Waals surface area contributed by atoms with E-state index in [0.29, 0.717) is 119 Å². The number of Topliss-reactive ketones (excluding diaryl/α,β-unsaturated/α-hetero) is 6. The van der Waals surface area contributed by atoms with Crippen molar-refractivity contribution < 1.29 is 90.1 Å². The van der Waals surface area contributed by atoms with Gasteiger partial charge in [0.1, 0.15) is 29.0 Å². The lowest BCUT2D eigenvalue weighted by molar-refractivity contribution is -0.129. The molecule has 0 aromatic heterocycles. The van der Waals surface area contributed by atoms with Crippen molar-refractivity contribution in [2.75, 3.05) is 89.7 Å². The van der Waals surface area contributed by atoms with Crippen LogP contribution in [-0.2, 0) is 101 Å². The summed E-state index contributed by atoms with van der Waals surface area (Å²) < 4.78 is 50.5. The minimum Gasteiger partial charge on any atom is -0.377 e. The molecule has 698 valence electrons. The van der Waals surface area contributed by atoms with Crippen LogP contribution in [0, 0.1) is 64.9 Å². The van der Waals surface area contributed by atoms with Gasteiger partial charge in [-0.05, 0) is 131 Å². The normalized spacial score (nSPS) is 24.9. The van der Waals surface area contributed by atoms with Crippen molar-refractivity contribution in [2.24, 2.45) is 53.3 Å². The van der Waals surface area contributed by atoms with Gasteiger partial charge in [-0.25, -0.2) is 8.78 Å². The second kappa shape index (κ2) is 61.1. The molecule has 126 heavy (non-hydrogen) atoms. The van der Waals surface area contributed by atoms with Crippen LogP contribution in [0.25, 0.3) is 0 Å². The number of ketones is 6. The first-order chi connectivity index (χ1) is 60.2. The average molecular weight is 1810 g/mol. The molecule has 3 heterocycles. The van der Waals surface area contributed by atoms with Gasteiger partial charge >= 0.3 is 0 Å². The van der Waals surface area contributed by atoms with Crippen molar-refractivity contribution in [3.05, 3.63) is 132 Å². The van der Waals surface area contributed by atoms with Crippen LogP contribution in [0.2, 0.25) is 0 Å². The van der Waals surface area contributed by atoms with E-state index >= 15 is 0 Å². The largest absolute Gasteiger partial charge is 0.377 e. The molecule has 9 rings (SSSR count). The van der Waals surface area contributed by atoms with E-state index in [1.54, 1.807) is 24.3 Å². The van der Waals surface area contributed by atoms with Gasteiger partial charge in [-0.1, -0.05) is 226 Å². The number of halogens is 2. The first-order valence-electron chi connectivity index (χ1n) is 45.6. The number of amides is 4. The highest BCUT2D eigenvalue weighted by Gasteiger charge is 2.37. The Labute approximate surface area is 759 Å². The smallest absolute Gasteiger partial charge is 0.224 e. The summed E-state index contributed by atoms with van der Waals surface area (Å²) in [5.74, 6) is -4.88. The summed E-state index contributed by atoms with van der Waals surface area (Å²) in [4.78, 5) is 170. The van der Waals surface area contributed by atoms with E-state index in [0.717, 1.165) is 137 Å². The Bertz CT molecular complexity index is 3780. The van der Waals surface area contributed by atoms with Crippen LogP contribution in [0.1, 0.15) is 238 Å². The molecule has 6 aliphatic rings. The number of carbonyl (C=O) groups excluding carboxylic acids is 13. The molecule has 3 saturated heterocycles. The number of hydrogen-bond acceptors (Lipinski definition) is 22. The van der Waals surface area contributed by atoms with Gasteiger partial charge in [0.15, 0.2) is 32.7 Å². The van der Waals surface area contributed by atoms with Crippen molar-refractivity contribution in [1.82, 2.24) is 31.9 Å². The van der Waals surface area contributed by atoms with E-state index in [2.05, 4.69) is 45.1 Å². The van der Waals surface area contributed by atoms with E-state index in [9.17, 15) is 71.1 Å². The highest BCUT2D eigenvalue weighted by Crippen LogP contribution is 2.35. The van der Waals surface area contributed by atoms with Crippen LogP contribution >= 0.6 is 35.3 Å². The summed E-state index contributed by atoms with van der Waals surface area (Å²) in [6.45, 7) is 15.9. The van der Waals surface area contributed by atoms with E-state index in [-0.39, 0.29) is 176 Å². The van der Waals surface area contributed by atoms with Gasteiger partial charge in [0.2, 0.25) is 23.6 Å². The highest BCUT2D eigenvalue weighted by molar-refractivity contribution is 8.14. The molecule has 3 aliphatic carbocycles. The lowest BCUT2D eigenvalue weighted by atomic mass is 9.82. The van der Waals surface area contributed by atoms with Crippen LogP contribution in [-0.4, -0.2) is 182 Å². The van der Waals surface area contributed by atoms with Gasteiger partial charge in [-0.15, -0.1) is 0 Å². The van der Waals surface area contributed by atoms with Gasteiger partial charge in [-0.2, -0.15) is 0 Å². The lowest BCUT2D eigenvalue weighted by Crippen LogP contribution is -2.43. The number of nitrogens with one attached hydrogen (secondary N) is 6. The van der Waals surface area contributed by atoms with Crippen LogP contribution in [0.5, 0.6) is 0 Å². The van der Waals surface area contributed by atoms with Gasteiger partial charge in [-0.3, -0.25) is 47.9 Å². The molecule has 6 N–H and O–H groups in total. The first kappa shape index (κ1) is 107. The summed E-state index contributed by atoms with van der Waals surface area (Å²) in [7, 11) is 0. The predicted octanol–water partition coefficient (Wildman–Crippen LogP) is 15.0. The Kier molecular flexibility index (Phi) is 51.9.